The van der Waals surface area contributed by atoms with Gasteiger partial charge in [-0.3, -0.25) is 0 Å². The minimum Gasteiger partial charge on any atom is -0.342 e. The van der Waals surface area contributed by atoms with Crippen molar-refractivity contribution >= 4 is 10.9 Å². The van der Waals surface area contributed by atoms with Crippen molar-refractivity contribution in [2.45, 2.75) is 26.4 Å². The third-order valence-corrected chi connectivity index (χ3v) is 5.10. The van der Waals surface area contributed by atoms with E-state index in [0.29, 0.717) is 13.2 Å². The fourth-order valence-electron chi connectivity index (χ4n) is 3.78. The molecule has 1 unspecified atom stereocenters. The van der Waals surface area contributed by atoms with Gasteiger partial charge < -0.3 is 9.47 Å². The Morgan fingerprint density at radius 3 is 2.64 bits per heavy atom. The molecule has 1 aromatic heterocycles. The van der Waals surface area contributed by atoms with Crippen molar-refractivity contribution in [3.05, 3.63) is 101 Å². The van der Waals surface area contributed by atoms with Gasteiger partial charge in [0.1, 0.15) is 5.69 Å². The lowest BCUT2D eigenvalue weighted by molar-refractivity contribution is -0.147. The third kappa shape index (κ3) is 3.31. The highest BCUT2D eigenvalue weighted by atomic mass is 16.7. The van der Waals surface area contributed by atoms with Crippen LogP contribution in [0, 0.1) is 6.92 Å². The monoisotopic (exact) mass is 367 g/mol. The lowest BCUT2D eigenvalue weighted by Crippen LogP contribution is -2.05. The van der Waals surface area contributed by atoms with Crippen LogP contribution >= 0.6 is 0 Å². The van der Waals surface area contributed by atoms with Gasteiger partial charge in [-0.2, -0.15) is 0 Å². The molecule has 4 aromatic rings. The molecule has 1 atom stereocenters. The molecule has 0 saturated heterocycles. The molecule has 3 heteroatoms. The van der Waals surface area contributed by atoms with Crippen molar-refractivity contribution in [1.82, 2.24) is 4.98 Å². The molecule has 0 aliphatic carbocycles. The molecule has 0 N–H and O–H groups in total. The van der Waals surface area contributed by atoms with Crippen molar-refractivity contribution in [2.75, 3.05) is 0 Å². The number of aryl methyl sites for hydroxylation is 1. The maximum absolute atomic E-state index is 6.13. The lowest BCUT2D eigenvalue weighted by Gasteiger charge is -2.14. The number of pyridine rings is 1. The van der Waals surface area contributed by atoms with Gasteiger partial charge in [0.2, 0.25) is 6.29 Å². The first-order valence-corrected chi connectivity index (χ1v) is 9.54. The summed E-state index contributed by atoms with van der Waals surface area (Å²) in [7, 11) is 0. The molecule has 0 radical (unpaired) electrons. The topological polar surface area (TPSA) is 31.4 Å². The van der Waals surface area contributed by atoms with Crippen LogP contribution in [0.2, 0.25) is 0 Å². The Hall–Kier alpha value is -3.01. The minimum absolute atomic E-state index is 0.416. The number of rotatable bonds is 4. The molecule has 1 aliphatic rings. The number of fused-ring (bicyclic) bond motifs is 2. The van der Waals surface area contributed by atoms with E-state index in [-0.39, 0.29) is 0 Å². The van der Waals surface area contributed by atoms with E-state index in [4.69, 9.17) is 14.5 Å². The van der Waals surface area contributed by atoms with Crippen molar-refractivity contribution in [1.29, 1.82) is 0 Å². The highest BCUT2D eigenvalue weighted by molar-refractivity contribution is 5.79. The summed E-state index contributed by atoms with van der Waals surface area (Å²) in [5, 5.41) is 1.14. The van der Waals surface area contributed by atoms with Gasteiger partial charge in [0.05, 0.1) is 18.7 Å². The minimum atomic E-state index is -0.416. The molecule has 0 amide bonds. The Balaban J connectivity index is 1.38. The quantitative estimate of drug-likeness (QED) is 0.446. The molecule has 1 aliphatic heterocycles. The summed E-state index contributed by atoms with van der Waals surface area (Å²) in [5.41, 5.74) is 7.75. The number of ether oxygens (including phenoxy) is 2. The number of benzene rings is 3. The SMILES string of the molecule is Cc1cc(COC2OCc3cc4ccccc4nc32)cc(-c2ccccc2)c1. The summed E-state index contributed by atoms with van der Waals surface area (Å²) in [4.78, 5) is 4.78. The van der Waals surface area contributed by atoms with Crippen LogP contribution in [0.3, 0.4) is 0 Å². The zero-order valence-electron chi connectivity index (χ0n) is 15.8. The van der Waals surface area contributed by atoms with Crippen LogP contribution < -0.4 is 0 Å². The van der Waals surface area contributed by atoms with E-state index in [0.717, 1.165) is 27.7 Å². The van der Waals surface area contributed by atoms with Gasteiger partial charge in [-0.25, -0.2) is 4.98 Å². The maximum atomic E-state index is 6.13. The molecular weight excluding hydrogens is 346 g/mol. The molecule has 28 heavy (non-hydrogen) atoms. The molecule has 0 bridgehead atoms. The third-order valence-electron chi connectivity index (χ3n) is 5.10. The van der Waals surface area contributed by atoms with Gasteiger partial charge >= 0.3 is 0 Å². The summed E-state index contributed by atoms with van der Waals surface area (Å²) in [6, 6.07) is 27.3. The van der Waals surface area contributed by atoms with Crippen molar-refractivity contribution in [2.24, 2.45) is 0 Å². The second kappa shape index (κ2) is 7.19. The van der Waals surface area contributed by atoms with Gasteiger partial charge in [-0.05, 0) is 41.8 Å². The smallest absolute Gasteiger partial charge is 0.202 e. The van der Waals surface area contributed by atoms with Gasteiger partial charge in [-0.15, -0.1) is 0 Å². The molecule has 138 valence electrons. The first-order chi connectivity index (χ1) is 13.8. The Morgan fingerprint density at radius 1 is 0.929 bits per heavy atom. The standard InChI is InChI=1S/C25H21NO2/c1-17-11-18(13-21(12-17)19-7-3-2-4-8-19)15-27-25-24-22(16-28-25)14-20-9-5-6-10-23(20)26-24/h2-14,25H,15-16H2,1H3. The molecule has 0 saturated carbocycles. The van der Waals surface area contributed by atoms with Crippen LogP contribution in [0.25, 0.3) is 22.0 Å². The second-order valence-electron chi connectivity index (χ2n) is 7.25. The highest BCUT2D eigenvalue weighted by Gasteiger charge is 2.26. The number of hydrogen-bond acceptors (Lipinski definition) is 3. The van der Waals surface area contributed by atoms with Gasteiger partial charge in [0.15, 0.2) is 0 Å². The van der Waals surface area contributed by atoms with Crippen LogP contribution in [0.4, 0.5) is 0 Å². The van der Waals surface area contributed by atoms with E-state index in [1.54, 1.807) is 0 Å². The summed E-state index contributed by atoms with van der Waals surface area (Å²) in [6.45, 7) is 3.14. The Morgan fingerprint density at radius 2 is 1.75 bits per heavy atom. The summed E-state index contributed by atoms with van der Waals surface area (Å²) in [6.07, 6.45) is -0.416. The average Bonchev–Trinajstić information content (AvgIpc) is 3.12. The number of aromatic nitrogens is 1. The zero-order chi connectivity index (χ0) is 18.9. The maximum Gasteiger partial charge on any atom is 0.202 e. The van der Waals surface area contributed by atoms with Crippen LogP contribution in [-0.4, -0.2) is 4.98 Å². The fourth-order valence-corrected chi connectivity index (χ4v) is 3.78. The highest BCUT2D eigenvalue weighted by Crippen LogP contribution is 2.33. The van der Waals surface area contributed by atoms with E-state index in [2.05, 4.69) is 61.5 Å². The Kier molecular flexibility index (Phi) is 4.40. The lowest BCUT2D eigenvalue weighted by atomic mass is 10.0. The van der Waals surface area contributed by atoms with Gasteiger partial charge in [0, 0.05) is 10.9 Å². The second-order valence-corrected chi connectivity index (χ2v) is 7.25. The van der Waals surface area contributed by atoms with Crippen LogP contribution in [0.1, 0.15) is 28.7 Å². The predicted octanol–water partition coefficient (Wildman–Crippen LogP) is 5.96. The summed E-state index contributed by atoms with van der Waals surface area (Å²) < 4.78 is 12.0. The molecule has 3 aromatic carbocycles. The van der Waals surface area contributed by atoms with E-state index in [1.807, 2.05) is 24.3 Å². The zero-order valence-corrected chi connectivity index (χ0v) is 15.8. The first kappa shape index (κ1) is 17.1. The number of hydrogen-bond donors (Lipinski definition) is 0. The van der Waals surface area contributed by atoms with Gasteiger partial charge in [0.25, 0.3) is 0 Å². The summed E-state index contributed by atoms with van der Waals surface area (Å²) >= 11 is 0. The van der Waals surface area contributed by atoms with E-state index in [9.17, 15) is 0 Å². The molecule has 0 spiro atoms. The van der Waals surface area contributed by atoms with Gasteiger partial charge in [-0.1, -0.05) is 66.2 Å². The Bertz CT molecular complexity index is 1140. The normalized spacial score (nSPS) is 15.7. The van der Waals surface area contributed by atoms with Crippen LogP contribution in [0.15, 0.2) is 78.9 Å². The molecule has 2 heterocycles. The van der Waals surface area contributed by atoms with Crippen molar-refractivity contribution in [3.63, 3.8) is 0 Å². The molecular formula is C25H21NO2. The number of para-hydroxylation sites is 1. The Labute approximate surface area is 164 Å². The molecule has 0 fully saturated rings. The molecule has 5 rings (SSSR count). The van der Waals surface area contributed by atoms with E-state index >= 15 is 0 Å². The molecule has 3 nitrogen and oxygen atoms in total. The number of nitrogens with zero attached hydrogens (tertiary/aromatic N) is 1. The van der Waals surface area contributed by atoms with Crippen LogP contribution in [0.5, 0.6) is 0 Å². The van der Waals surface area contributed by atoms with Crippen molar-refractivity contribution in [3.8, 4) is 11.1 Å². The van der Waals surface area contributed by atoms with E-state index in [1.165, 1.54) is 16.7 Å². The van der Waals surface area contributed by atoms with E-state index < -0.39 is 6.29 Å². The fraction of sp³-hybridized carbons (Fsp3) is 0.160. The predicted molar refractivity (Wildman–Crippen MR) is 111 cm³/mol. The van der Waals surface area contributed by atoms with Crippen LogP contribution in [-0.2, 0) is 22.7 Å². The summed E-state index contributed by atoms with van der Waals surface area (Å²) in [5.74, 6) is 0. The largest absolute Gasteiger partial charge is 0.342 e. The average molecular weight is 367 g/mol. The first-order valence-electron chi connectivity index (χ1n) is 9.54. The van der Waals surface area contributed by atoms with Crippen molar-refractivity contribution < 1.29 is 9.47 Å².